The molecule has 0 bridgehead atoms. The van der Waals surface area contributed by atoms with Gasteiger partial charge < -0.3 is 19.4 Å². The second-order valence-corrected chi connectivity index (χ2v) is 8.90. The predicted octanol–water partition coefficient (Wildman–Crippen LogP) is 2.60. The minimum absolute atomic E-state index is 0.00504. The first-order valence-corrected chi connectivity index (χ1v) is 10.9. The molecule has 7 nitrogen and oxygen atoms in total. The van der Waals surface area contributed by atoms with Gasteiger partial charge in [0, 0.05) is 53.1 Å². The van der Waals surface area contributed by atoms with E-state index in [9.17, 15) is 22.8 Å². The Morgan fingerprint density at radius 1 is 1.21 bits per heavy atom. The van der Waals surface area contributed by atoms with Crippen LogP contribution in [0, 0.1) is 29.1 Å². The molecule has 3 rings (SSSR count). The van der Waals surface area contributed by atoms with Crippen molar-refractivity contribution in [2.75, 3.05) is 58.9 Å². The number of anilines is 1. The summed E-state index contributed by atoms with van der Waals surface area (Å²) in [7, 11) is 4.85. The first kappa shape index (κ1) is 24.8. The van der Waals surface area contributed by atoms with Crippen LogP contribution in [0.15, 0.2) is 18.2 Å². The van der Waals surface area contributed by atoms with Gasteiger partial charge in [-0.2, -0.15) is 18.4 Å². The highest BCUT2D eigenvalue weighted by atomic mass is 19.4. The van der Waals surface area contributed by atoms with Crippen molar-refractivity contribution in [2.45, 2.75) is 19.0 Å². The third-order valence-electron chi connectivity index (χ3n) is 6.68. The van der Waals surface area contributed by atoms with Crippen molar-refractivity contribution >= 4 is 17.5 Å². The zero-order valence-corrected chi connectivity index (χ0v) is 19.1. The molecule has 2 saturated heterocycles. The van der Waals surface area contributed by atoms with E-state index in [2.05, 4.69) is 0 Å². The van der Waals surface area contributed by atoms with Crippen LogP contribution in [0.25, 0.3) is 0 Å². The minimum atomic E-state index is -4.60. The molecule has 0 spiro atoms. The van der Waals surface area contributed by atoms with Crippen LogP contribution in [0.5, 0.6) is 0 Å². The number of hydrogen-bond acceptors (Lipinski definition) is 5. The standard InChI is InChI=1S/C23H29F3N4O3/c1-28(2)22(32)19-13-30(21(31)14-33-3)12-18(19)15-6-8-29(9-7-15)17-5-4-16(11-27)20(10-17)23(24,25)26/h4-5,10,15,18-19H,6-9,12-14H2,1-3H3/t18-,19+/m0/s1. The molecule has 0 saturated carbocycles. The van der Waals surface area contributed by atoms with Gasteiger partial charge in [0.1, 0.15) is 6.61 Å². The lowest BCUT2D eigenvalue weighted by atomic mass is 9.78. The van der Waals surface area contributed by atoms with Crippen LogP contribution in [-0.4, -0.2) is 75.6 Å². The van der Waals surface area contributed by atoms with Crippen molar-refractivity contribution in [2.24, 2.45) is 17.8 Å². The molecule has 180 valence electrons. The summed E-state index contributed by atoms with van der Waals surface area (Å²) in [4.78, 5) is 30.3. The van der Waals surface area contributed by atoms with Crippen molar-refractivity contribution in [3.63, 3.8) is 0 Å². The van der Waals surface area contributed by atoms with Gasteiger partial charge in [0.05, 0.1) is 23.1 Å². The molecule has 2 fully saturated rings. The van der Waals surface area contributed by atoms with Crippen LogP contribution in [0.3, 0.4) is 0 Å². The van der Waals surface area contributed by atoms with E-state index in [1.54, 1.807) is 36.0 Å². The molecule has 0 N–H and O–H groups in total. The van der Waals surface area contributed by atoms with Gasteiger partial charge in [-0.05, 0) is 42.9 Å². The number of piperidine rings is 1. The van der Waals surface area contributed by atoms with Gasteiger partial charge in [-0.3, -0.25) is 9.59 Å². The van der Waals surface area contributed by atoms with Crippen molar-refractivity contribution < 1.29 is 27.5 Å². The van der Waals surface area contributed by atoms with E-state index in [1.807, 2.05) is 4.90 Å². The number of methoxy groups -OCH3 is 1. The summed E-state index contributed by atoms with van der Waals surface area (Å²) >= 11 is 0. The number of ether oxygens (including phenoxy) is 1. The van der Waals surface area contributed by atoms with Gasteiger partial charge in [0.15, 0.2) is 0 Å². The minimum Gasteiger partial charge on any atom is -0.375 e. The van der Waals surface area contributed by atoms with Gasteiger partial charge in [-0.15, -0.1) is 0 Å². The quantitative estimate of drug-likeness (QED) is 0.667. The number of nitriles is 1. The largest absolute Gasteiger partial charge is 0.417 e. The van der Waals surface area contributed by atoms with Gasteiger partial charge >= 0.3 is 6.18 Å². The molecule has 33 heavy (non-hydrogen) atoms. The number of carbonyl (C=O) groups excluding carboxylic acids is 2. The van der Waals surface area contributed by atoms with Crippen molar-refractivity contribution in [3.8, 4) is 6.07 Å². The maximum atomic E-state index is 13.3. The lowest BCUT2D eigenvalue weighted by Crippen LogP contribution is -2.41. The third kappa shape index (κ3) is 5.41. The monoisotopic (exact) mass is 466 g/mol. The van der Waals surface area contributed by atoms with E-state index < -0.39 is 17.3 Å². The molecule has 1 aromatic carbocycles. The van der Waals surface area contributed by atoms with E-state index >= 15 is 0 Å². The smallest absolute Gasteiger partial charge is 0.375 e. The molecule has 0 radical (unpaired) electrons. The lowest BCUT2D eigenvalue weighted by Gasteiger charge is -2.38. The highest BCUT2D eigenvalue weighted by molar-refractivity contribution is 5.82. The van der Waals surface area contributed by atoms with Crippen LogP contribution in [-0.2, 0) is 20.5 Å². The highest BCUT2D eigenvalue weighted by Gasteiger charge is 2.44. The maximum Gasteiger partial charge on any atom is 0.417 e. The first-order chi connectivity index (χ1) is 15.6. The molecular weight excluding hydrogens is 437 g/mol. The molecule has 0 aliphatic carbocycles. The van der Waals surface area contributed by atoms with Crippen molar-refractivity contribution in [3.05, 3.63) is 29.3 Å². The fourth-order valence-corrected chi connectivity index (χ4v) is 4.96. The Labute approximate surface area is 191 Å². The van der Waals surface area contributed by atoms with Crippen LogP contribution in [0.4, 0.5) is 18.9 Å². The number of halogens is 3. The van der Waals surface area contributed by atoms with Crippen LogP contribution < -0.4 is 4.90 Å². The Morgan fingerprint density at radius 3 is 2.42 bits per heavy atom. The lowest BCUT2D eigenvalue weighted by molar-refractivity contribution is -0.138. The molecule has 1 aromatic rings. The number of rotatable bonds is 5. The second kappa shape index (κ2) is 10.00. The molecule has 2 aliphatic rings. The van der Waals surface area contributed by atoms with Gasteiger partial charge in [0.25, 0.3) is 0 Å². The fraction of sp³-hybridized carbons (Fsp3) is 0.609. The normalized spacial score (nSPS) is 21.7. The Morgan fingerprint density at radius 2 is 1.88 bits per heavy atom. The van der Waals surface area contributed by atoms with E-state index in [0.717, 1.165) is 6.07 Å². The second-order valence-electron chi connectivity index (χ2n) is 8.90. The molecule has 0 aromatic heterocycles. The van der Waals surface area contributed by atoms with E-state index in [1.165, 1.54) is 13.2 Å². The van der Waals surface area contributed by atoms with Gasteiger partial charge in [-0.25, -0.2) is 0 Å². The number of alkyl halides is 3. The third-order valence-corrected chi connectivity index (χ3v) is 6.68. The number of hydrogen-bond donors (Lipinski definition) is 0. The van der Waals surface area contributed by atoms with Crippen LogP contribution >= 0.6 is 0 Å². The zero-order valence-electron chi connectivity index (χ0n) is 19.1. The molecule has 2 atom stereocenters. The van der Waals surface area contributed by atoms with Crippen molar-refractivity contribution in [1.29, 1.82) is 5.26 Å². The summed E-state index contributed by atoms with van der Waals surface area (Å²) in [6.45, 7) is 1.88. The summed E-state index contributed by atoms with van der Waals surface area (Å²) in [5.41, 5.74) is -0.883. The Balaban J connectivity index is 1.73. The SMILES string of the molecule is COCC(=O)N1C[C@@H](C(=O)N(C)C)[C@H](C2CCN(c3ccc(C#N)c(C(F)(F)F)c3)CC2)C1. The number of benzene rings is 1. The molecular formula is C23H29F3N4O3. The van der Waals surface area contributed by atoms with Gasteiger partial charge in [0.2, 0.25) is 11.8 Å². The van der Waals surface area contributed by atoms with Crippen molar-refractivity contribution in [1.82, 2.24) is 9.80 Å². The average molecular weight is 467 g/mol. The Kier molecular flexibility index (Phi) is 7.52. The van der Waals surface area contributed by atoms with Gasteiger partial charge in [-0.1, -0.05) is 0 Å². The number of nitrogens with zero attached hydrogens (tertiary/aromatic N) is 4. The number of carbonyl (C=O) groups is 2. The predicted molar refractivity (Wildman–Crippen MR) is 115 cm³/mol. The molecule has 10 heteroatoms. The Bertz CT molecular complexity index is 921. The topological polar surface area (TPSA) is 76.9 Å². The number of amides is 2. The average Bonchev–Trinajstić information content (AvgIpc) is 3.23. The summed E-state index contributed by atoms with van der Waals surface area (Å²) in [6, 6.07) is 5.41. The molecule has 2 aliphatic heterocycles. The van der Waals surface area contributed by atoms with E-state index in [4.69, 9.17) is 10.00 Å². The summed E-state index contributed by atoms with van der Waals surface area (Å²) in [5, 5.41) is 9.01. The van der Waals surface area contributed by atoms with Crippen LogP contribution in [0.1, 0.15) is 24.0 Å². The molecule has 0 unspecified atom stereocenters. The van der Waals surface area contributed by atoms with E-state index in [0.29, 0.717) is 44.7 Å². The summed E-state index contributed by atoms with van der Waals surface area (Å²) < 4.78 is 45.0. The van der Waals surface area contributed by atoms with E-state index in [-0.39, 0.29) is 36.2 Å². The fourth-order valence-electron chi connectivity index (χ4n) is 4.96. The molecule has 2 amide bonds. The summed E-state index contributed by atoms with van der Waals surface area (Å²) in [6.07, 6.45) is -3.19. The highest BCUT2D eigenvalue weighted by Crippen LogP contribution is 2.39. The zero-order chi connectivity index (χ0) is 24.3. The maximum absolute atomic E-state index is 13.3. The number of likely N-dealkylation sites (tertiary alicyclic amines) is 1. The molecule has 2 heterocycles. The first-order valence-electron chi connectivity index (χ1n) is 10.9. The Hall–Kier alpha value is -2.80. The summed E-state index contributed by atoms with van der Waals surface area (Å²) in [5.74, 6) is -0.294. The van der Waals surface area contributed by atoms with Crippen LogP contribution in [0.2, 0.25) is 0 Å².